The average molecular weight is 224 g/mol. The van der Waals surface area contributed by atoms with Crippen LogP contribution < -0.4 is 0 Å². The van der Waals surface area contributed by atoms with Gasteiger partial charge in [-0.25, -0.2) is 4.79 Å². The molecule has 0 aromatic rings. The second-order valence-corrected chi connectivity index (χ2v) is 5.19. The van der Waals surface area contributed by atoms with Gasteiger partial charge >= 0.3 is 6.03 Å². The molecule has 16 heavy (non-hydrogen) atoms. The van der Waals surface area contributed by atoms with E-state index in [2.05, 4.69) is 16.7 Å². The Kier molecular flexibility index (Phi) is 4.08. The molecule has 0 N–H and O–H groups in total. The van der Waals surface area contributed by atoms with Crippen molar-refractivity contribution >= 4 is 6.03 Å². The lowest BCUT2D eigenvalue weighted by Crippen LogP contribution is -2.42. The Morgan fingerprint density at radius 2 is 1.75 bits per heavy atom. The minimum atomic E-state index is 0.304. The molecular weight excluding hydrogens is 200 g/mol. The lowest BCUT2D eigenvalue weighted by Gasteiger charge is -2.26. The lowest BCUT2D eigenvalue weighted by atomic mass is 10.1. The first-order valence-corrected chi connectivity index (χ1v) is 6.85. The summed E-state index contributed by atoms with van der Waals surface area (Å²) >= 11 is 0. The smallest absolute Gasteiger partial charge is 0.320 e. The van der Waals surface area contributed by atoms with E-state index in [-0.39, 0.29) is 0 Å². The molecule has 0 saturated carbocycles. The molecule has 0 aromatic heterocycles. The lowest BCUT2D eigenvalue weighted by molar-refractivity contribution is 0.162. The van der Waals surface area contributed by atoms with E-state index in [1.807, 2.05) is 0 Å². The SMILES string of the molecule is CCC1CCN(C(=O)N2CCCCCC2)C1. The third-order valence-corrected chi connectivity index (χ3v) is 4.01. The monoisotopic (exact) mass is 224 g/mol. The van der Waals surface area contributed by atoms with Gasteiger partial charge in [-0.1, -0.05) is 26.2 Å². The van der Waals surface area contributed by atoms with E-state index in [0.717, 1.165) is 32.1 Å². The first kappa shape index (κ1) is 11.7. The molecule has 3 nitrogen and oxygen atoms in total. The van der Waals surface area contributed by atoms with Crippen molar-refractivity contribution in [2.45, 2.75) is 45.4 Å². The van der Waals surface area contributed by atoms with Crippen molar-refractivity contribution in [3.8, 4) is 0 Å². The fraction of sp³-hybridized carbons (Fsp3) is 0.923. The zero-order valence-corrected chi connectivity index (χ0v) is 10.5. The molecule has 2 saturated heterocycles. The first-order chi connectivity index (χ1) is 7.81. The summed E-state index contributed by atoms with van der Waals surface area (Å²) in [6, 6.07) is 0.304. The highest BCUT2D eigenvalue weighted by atomic mass is 16.2. The molecule has 0 spiro atoms. The summed E-state index contributed by atoms with van der Waals surface area (Å²) in [7, 11) is 0. The number of hydrogen-bond donors (Lipinski definition) is 0. The van der Waals surface area contributed by atoms with E-state index in [1.165, 1.54) is 38.5 Å². The second kappa shape index (κ2) is 5.55. The second-order valence-electron chi connectivity index (χ2n) is 5.19. The maximum absolute atomic E-state index is 12.3. The molecule has 2 aliphatic heterocycles. The Morgan fingerprint density at radius 3 is 2.31 bits per heavy atom. The molecule has 2 amide bonds. The van der Waals surface area contributed by atoms with Gasteiger partial charge in [-0.05, 0) is 25.2 Å². The van der Waals surface area contributed by atoms with Gasteiger partial charge in [0, 0.05) is 26.2 Å². The molecule has 0 aromatic carbocycles. The minimum Gasteiger partial charge on any atom is -0.325 e. The van der Waals surface area contributed by atoms with Crippen molar-refractivity contribution in [1.29, 1.82) is 0 Å². The number of hydrogen-bond acceptors (Lipinski definition) is 1. The van der Waals surface area contributed by atoms with Crippen molar-refractivity contribution in [1.82, 2.24) is 9.80 Å². The van der Waals surface area contributed by atoms with Crippen LogP contribution in [0.2, 0.25) is 0 Å². The fourth-order valence-corrected chi connectivity index (χ4v) is 2.80. The molecule has 1 atom stereocenters. The summed E-state index contributed by atoms with van der Waals surface area (Å²) in [5.74, 6) is 0.746. The quantitative estimate of drug-likeness (QED) is 0.672. The van der Waals surface area contributed by atoms with Gasteiger partial charge in [-0.2, -0.15) is 0 Å². The van der Waals surface area contributed by atoms with Crippen LogP contribution in [0, 0.1) is 5.92 Å². The molecule has 1 unspecified atom stereocenters. The largest absolute Gasteiger partial charge is 0.325 e. The van der Waals surface area contributed by atoms with Gasteiger partial charge in [0.25, 0.3) is 0 Å². The highest BCUT2D eigenvalue weighted by Crippen LogP contribution is 2.21. The van der Waals surface area contributed by atoms with Gasteiger partial charge in [0.1, 0.15) is 0 Å². The standard InChI is InChI=1S/C13H24N2O/c1-2-12-7-10-15(11-12)13(16)14-8-5-3-4-6-9-14/h12H,2-11H2,1H3. The number of urea groups is 1. The van der Waals surface area contributed by atoms with Gasteiger partial charge < -0.3 is 9.80 Å². The summed E-state index contributed by atoms with van der Waals surface area (Å²) in [6.07, 6.45) is 7.39. The van der Waals surface area contributed by atoms with E-state index in [9.17, 15) is 4.79 Å². The molecule has 2 aliphatic rings. The van der Waals surface area contributed by atoms with Crippen molar-refractivity contribution < 1.29 is 4.79 Å². The van der Waals surface area contributed by atoms with E-state index in [4.69, 9.17) is 0 Å². The number of likely N-dealkylation sites (tertiary alicyclic amines) is 2. The fourth-order valence-electron chi connectivity index (χ4n) is 2.80. The number of carbonyl (C=O) groups excluding carboxylic acids is 1. The summed E-state index contributed by atoms with van der Waals surface area (Å²) in [6.45, 7) is 6.16. The molecule has 92 valence electrons. The summed E-state index contributed by atoms with van der Waals surface area (Å²) < 4.78 is 0. The number of rotatable bonds is 1. The summed E-state index contributed by atoms with van der Waals surface area (Å²) in [4.78, 5) is 16.4. The Bertz CT molecular complexity index is 234. The Labute approximate surface area is 98.8 Å². The van der Waals surface area contributed by atoms with Crippen LogP contribution in [0.25, 0.3) is 0 Å². The highest BCUT2D eigenvalue weighted by Gasteiger charge is 2.28. The highest BCUT2D eigenvalue weighted by molar-refractivity contribution is 5.74. The van der Waals surface area contributed by atoms with Crippen LogP contribution in [0.3, 0.4) is 0 Å². The number of carbonyl (C=O) groups is 1. The summed E-state index contributed by atoms with van der Waals surface area (Å²) in [5, 5.41) is 0. The molecule has 2 heterocycles. The van der Waals surface area contributed by atoms with E-state index in [0.29, 0.717) is 6.03 Å². The predicted molar refractivity (Wildman–Crippen MR) is 65.4 cm³/mol. The van der Waals surface area contributed by atoms with Crippen LogP contribution in [-0.2, 0) is 0 Å². The zero-order chi connectivity index (χ0) is 11.4. The third-order valence-electron chi connectivity index (χ3n) is 4.01. The zero-order valence-electron chi connectivity index (χ0n) is 10.5. The van der Waals surface area contributed by atoms with Gasteiger partial charge in [0.15, 0.2) is 0 Å². The molecule has 2 rings (SSSR count). The van der Waals surface area contributed by atoms with Crippen LogP contribution >= 0.6 is 0 Å². The molecule has 0 radical (unpaired) electrons. The summed E-state index contributed by atoms with van der Waals surface area (Å²) in [5.41, 5.74) is 0. The van der Waals surface area contributed by atoms with Gasteiger partial charge in [-0.3, -0.25) is 0 Å². The Morgan fingerprint density at radius 1 is 1.06 bits per heavy atom. The van der Waals surface area contributed by atoms with E-state index in [1.54, 1.807) is 0 Å². The first-order valence-electron chi connectivity index (χ1n) is 6.85. The molecule has 0 bridgehead atoms. The van der Waals surface area contributed by atoms with Crippen molar-refractivity contribution in [3.63, 3.8) is 0 Å². The average Bonchev–Trinajstić information content (AvgIpc) is 2.62. The van der Waals surface area contributed by atoms with Crippen LogP contribution in [0.4, 0.5) is 4.79 Å². The van der Waals surface area contributed by atoms with Gasteiger partial charge in [0.05, 0.1) is 0 Å². The van der Waals surface area contributed by atoms with Gasteiger partial charge in [-0.15, -0.1) is 0 Å². The Balaban J connectivity index is 1.86. The molecule has 3 heteroatoms. The van der Waals surface area contributed by atoms with Crippen LogP contribution in [0.1, 0.15) is 45.4 Å². The number of amides is 2. The third kappa shape index (κ3) is 2.69. The molecule has 0 aliphatic carbocycles. The predicted octanol–water partition coefficient (Wildman–Crippen LogP) is 2.71. The van der Waals surface area contributed by atoms with Crippen molar-refractivity contribution in [3.05, 3.63) is 0 Å². The maximum atomic E-state index is 12.3. The molecule has 2 fully saturated rings. The van der Waals surface area contributed by atoms with Crippen LogP contribution in [0.5, 0.6) is 0 Å². The van der Waals surface area contributed by atoms with Crippen LogP contribution in [-0.4, -0.2) is 42.0 Å². The van der Waals surface area contributed by atoms with Crippen LogP contribution in [0.15, 0.2) is 0 Å². The Hall–Kier alpha value is -0.730. The number of nitrogens with zero attached hydrogens (tertiary/aromatic N) is 2. The molecular formula is C13H24N2O. The van der Waals surface area contributed by atoms with Crippen molar-refractivity contribution in [2.75, 3.05) is 26.2 Å². The van der Waals surface area contributed by atoms with Crippen molar-refractivity contribution in [2.24, 2.45) is 5.92 Å². The van der Waals surface area contributed by atoms with E-state index >= 15 is 0 Å². The van der Waals surface area contributed by atoms with E-state index < -0.39 is 0 Å². The maximum Gasteiger partial charge on any atom is 0.320 e. The topological polar surface area (TPSA) is 23.6 Å². The van der Waals surface area contributed by atoms with Gasteiger partial charge in [0.2, 0.25) is 0 Å². The normalized spacial score (nSPS) is 26.9. The minimum absolute atomic E-state index is 0.304.